The largest absolute Gasteiger partial charge is 0.462 e. The molecule has 0 aromatic carbocycles. The first kappa shape index (κ1) is 56.9. The first-order chi connectivity index (χ1) is 29.0. The third-order valence-corrected chi connectivity index (χ3v) is 11.5. The highest BCUT2D eigenvalue weighted by Gasteiger charge is 2.19. The summed E-state index contributed by atoms with van der Waals surface area (Å²) in [5, 5.41) is 0. The number of hydrogen-bond donors (Lipinski definition) is 0. The maximum atomic E-state index is 12.6. The summed E-state index contributed by atoms with van der Waals surface area (Å²) in [5.41, 5.74) is 0. The normalized spacial score (nSPS) is 12.1. The maximum Gasteiger partial charge on any atom is 0.306 e. The van der Waals surface area contributed by atoms with Gasteiger partial charge in [-0.3, -0.25) is 14.4 Å². The second kappa shape index (κ2) is 48.6. The van der Waals surface area contributed by atoms with E-state index in [4.69, 9.17) is 14.2 Å². The number of carbonyl (C=O) groups is 3. The summed E-state index contributed by atoms with van der Waals surface area (Å²) >= 11 is 0. The summed E-state index contributed by atoms with van der Waals surface area (Å²) in [4.78, 5) is 37.5. The van der Waals surface area contributed by atoms with Crippen molar-refractivity contribution in [2.45, 2.75) is 284 Å². The van der Waals surface area contributed by atoms with E-state index in [-0.39, 0.29) is 31.1 Å². The molecule has 0 aliphatic carbocycles. The first-order valence-electron chi connectivity index (χ1n) is 25.8. The van der Waals surface area contributed by atoms with Gasteiger partial charge in [0.15, 0.2) is 6.10 Å². The van der Waals surface area contributed by atoms with E-state index < -0.39 is 6.10 Å². The maximum absolute atomic E-state index is 12.6. The molecule has 6 nitrogen and oxygen atoms in total. The van der Waals surface area contributed by atoms with E-state index in [2.05, 4.69) is 45.1 Å². The fraction of sp³-hybridized carbons (Fsp3) is 0.868. The van der Waals surface area contributed by atoms with Crippen LogP contribution in [0.4, 0.5) is 0 Å². The van der Waals surface area contributed by atoms with Crippen molar-refractivity contribution in [2.24, 2.45) is 0 Å². The molecule has 0 aromatic rings. The summed E-state index contributed by atoms with van der Waals surface area (Å²) < 4.78 is 16.6. The molecule has 0 amide bonds. The molecule has 0 fully saturated rings. The SMILES string of the molecule is CCCCCCC/C=C\C/C=C\CCCCCCCCCCCCCCCCCC(=O)OCC(COC(=O)CCCCCCCC)OC(=O)CCCCCCCCCC. The van der Waals surface area contributed by atoms with Gasteiger partial charge in [-0.25, -0.2) is 0 Å². The minimum absolute atomic E-state index is 0.0675. The summed E-state index contributed by atoms with van der Waals surface area (Å²) in [6.45, 7) is 6.55. The number of ether oxygens (including phenoxy) is 3. The average Bonchev–Trinajstić information content (AvgIpc) is 3.23. The zero-order chi connectivity index (χ0) is 43.0. The second-order valence-corrected chi connectivity index (χ2v) is 17.4. The quantitative estimate of drug-likeness (QED) is 0.0263. The Hall–Kier alpha value is -2.11. The predicted octanol–water partition coefficient (Wildman–Crippen LogP) is 16.8. The standard InChI is InChI=1S/C53H98O6/c1-4-7-10-13-16-18-19-20-21-22-23-24-25-26-27-28-29-30-31-32-33-34-35-36-38-40-43-46-52(55)58-49-50(48-57-51(54)45-42-39-15-12-9-6-3)59-53(56)47-44-41-37-17-14-11-8-5-2/h19-20,22-23,50H,4-18,21,24-49H2,1-3H3/b20-19-,23-22-. The molecule has 0 aliphatic rings. The van der Waals surface area contributed by atoms with Gasteiger partial charge < -0.3 is 14.2 Å². The minimum Gasteiger partial charge on any atom is -0.462 e. The van der Waals surface area contributed by atoms with Gasteiger partial charge in [0.25, 0.3) is 0 Å². The van der Waals surface area contributed by atoms with Crippen molar-refractivity contribution >= 4 is 17.9 Å². The van der Waals surface area contributed by atoms with E-state index in [0.29, 0.717) is 19.3 Å². The Balaban J connectivity index is 3.93. The van der Waals surface area contributed by atoms with Crippen LogP contribution in [0, 0.1) is 0 Å². The first-order valence-corrected chi connectivity index (χ1v) is 25.8. The highest BCUT2D eigenvalue weighted by molar-refractivity contribution is 5.71. The van der Waals surface area contributed by atoms with E-state index in [9.17, 15) is 14.4 Å². The van der Waals surface area contributed by atoms with Gasteiger partial charge in [0.1, 0.15) is 13.2 Å². The van der Waals surface area contributed by atoms with Crippen LogP contribution in [0.3, 0.4) is 0 Å². The molecule has 0 rings (SSSR count). The zero-order valence-electron chi connectivity index (χ0n) is 39.5. The molecule has 0 N–H and O–H groups in total. The molecular formula is C53H98O6. The number of allylic oxidation sites excluding steroid dienone is 4. The van der Waals surface area contributed by atoms with E-state index >= 15 is 0 Å². The van der Waals surface area contributed by atoms with E-state index in [1.54, 1.807) is 0 Å². The van der Waals surface area contributed by atoms with Crippen LogP contribution in [0.15, 0.2) is 24.3 Å². The zero-order valence-corrected chi connectivity index (χ0v) is 39.5. The van der Waals surface area contributed by atoms with E-state index in [0.717, 1.165) is 64.2 Å². The summed E-state index contributed by atoms with van der Waals surface area (Å²) in [6.07, 6.45) is 55.0. The van der Waals surface area contributed by atoms with Crippen LogP contribution in [-0.4, -0.2) is 37.2 Å². The lowest BCUT2D eigenvalue weighted by atomic mass is 10.0. The number of unbranched alkanes of at least 4 members (excludes halogenated alkanes) is 32. The second-order valence-electron chi connectivity index (χ2n) is 17.4. The van der Waals surface area contributed by atoms with Crippen molar-refractivity contribution in [3.05, 3.63) is 24.3 Å². The van der Waals surface area contributed by atoms with Crippen LogP contribution in [0.2, 0.25) is 0 Å². The van der Waals surface area contributed by atoms with Crippen LogP contribution in [-0.2, 0) is 28.6 Å². The molecule has 0 heterocycles. The number of hydrogen-bond acceptors (Lipinski definition) is 6. The lowest BCUT2D eigenvalue weighted by Crippen LogP contribution is -2.30. The lowest BCUT2D eigenvalue weighted by molar-refractivity contribution is -0.167. The Morgan fingerprint density at radius 2 is 0.610 bits per heavy atom. The van der Waals surface area contributed by atoms with Crippen LogP contribution in [0.25, 0.3) is 0 Å². The molecule has 0 saturated carbocycles. The Morgan fingerprint density at radius 3 is 0.932 bits per heavy atom. The molecule has 0 aliphatic heterocycles. The molecule has 0 saturated heterocycles. The lowest BCUT2D eigenvalue weighted by Gasteiger charge is -2.18. The van der Waals surface area contributed by atoms with Crippen LogP contribution in [0.5, 0.6) is 0 Å². The molecule has 6 heteroatoms. The van der Waals surface area contributed by atoms with Crippen molar-refractivity contribution in [3.63, 3.8) is 0 Å². The van der Waals surface area contributed by atoms with Gasteiger partial charge in [0.2, 0.25) is 0 Å². The molecule has 346 valence electrons. The smallest absolute Gasteiger partial charge is 0.306 e. The molecule has 0 spiro atoms. The minimum atomic E-state index is -0.760. The molecule has 0 radical (unpaired) electrons. The van der Waals surface area contributed by atoms with Gasteiger partial charge >= 0.3 is 17.9 Å². The number of esters is 3. The van der Waals surface area contributed by atoms with Crippen LogP contribution in [0.1, 0.15) is 278 Å². The average molecular weight is 831 g/mol. The van der Waals surface area contributed by atoms with Crippen molar-refractivity contribution in [3.8, 4) is 0 Å². The van der Waals surface area contributed by atoms with Gasteiger partial charge in [0.05, 0.1) is 0 Å². The van der Waals surface area contributed by atoms with Gasteiger partial charge in [-0.05, 0) is 51.4 Å². The molecule has 0 bridgehead atoms. The Bertz CT molecular complexity index is 958. The topological polar surface area (TPSA) is 78.9 Å². The fourth-order valence-electron chi connectivity index (χ4n) is 7.53. The molecule has 59 heavy (non-hydrogen) atoms. The summed E-state index contributed by atoms with van der Waals surface area (Å²) in [6, 6.07) is 0. The molecular weight excluding hydrogens is 733 g/mol. The molecule has 0 aromatic heterocycles. The van der Waals surface area contributed by atoms with Crippen molar-refractivity contribution < 1.29 is 28.6 Å². The Morgan fingerprint density at radius 1 is 0.339 bits per heavy atom. The van der Waals surface area contributed by atoms with Crippen molar-refractivity contribution in [2.75, 3.05) is 13.2 Å². The van der Waals surface area contributed by atoms with Crippen LogP contribution < -0.4 is 0 Å². The van der Waals surface area contributed by atoms with Gasteiger partial charge in [-0.1, -0.05) is 231 Å². The number of carbonyl (C=O) groups excluding carboxylic acids is 3. The fourth-order valence-corrected chi connectivity index (χ4v) is 7.53. The molecule has 1 unspecified atom stereocenters. The highest BCUT2D eigenvalue weighted by Crippen LogP contribution is 2.16. The van der Waals surface area contributed by atoms with Gasteiger partial charge in [0, 0.05) is 19.3 Å². The molecule has 1 atom stereocenters. The predicted molar refractivity (Wildman–Crippen MR) is 252 cm³/mol. The monoisotopic (exact) mass is 831 g/mol. The van der Waals surface area contributed by atoms with Crippen molar-refractivity contribution in [1.29, 1.82) is 0 Å². The third kappa shape index (κ3) is 46.8. The Labute approximate surface area is 366 Å². The Kier molecular flexibility index (Phi) is 46.8. The number of rotatable bonds is 47. The van der Waals surface area contributed by atoms with Crippen molar-refractivity contribution in [1.82, 2.24) is 0 Å². The van der Waals surface area contributed by atoms with E-state index in [1.165, 1.54) is 173 Å². The third-order valence-electron chi connectivity index (χ3n) is 11.5. The van der Waals surface area contributed by atoms with E-state index in [1.807, 2.05) is 0 Å². The summed E-state index contributed by atoms with van der Waals surface area (Å²) in [5.74, 6) is -0.873. The van der Waals surface area contributed by atoms with Crippen LogP contribution >= 0.6 is 0 Å². The summed E-state index contributed by atoms with van der Waals surface area (Å²) in [7, 11) is 0. The highest BCUT2D eigenvalue weighted by atomic mass is 16.6. The van der Waals surface area contributed by atoms with Gasteiger partial charge in [-0.2, -0.15) is 0 Å². The van der Waals surface area contributed by atoms with Gasteiger partial charge in [-0.15, -0.1) is 0 Å².